The van der Waals surface area contributed by atoms with Crippen molar-refractivity contribution in [3.05, 3.63) is 29.1 Å². The van der Waals surface area contributed by atoms with Crippen molar-refractivity contribution in [2.45, 2.75) is 39.3 Å². The minimum absolute atomic E-state index is 0.191. The number of halogens is 1. The Morgan fingerprint density at radius 1 is 1.44 bits per heavy atom. The Morgan fingerprint density at radius 2 is 2.19 bits per heavy atom. The fourth-order valence-corrected chi connectivity index (χ4v) is 2.10. The molecule has 0 spiro atoms. The van der Waals surface area contributed by atoms with Crippen LogP contribution in [-0.2, 0) is 0 Å². The van der Waals surface area contributed by atoms with Gasteiger partial charge in [0.05, 0.1) is 6.61 Å². The molecule has 0 aliphatic carbocycles. The molecule has 2 rings (SSSR count). The zero-order chi connectivity index (χ0) is 11.7. The van der Waals surface area contributed by atoms with E-state index in [1.54, 1.807) is 6.92 Å². The van der Waals surface area contributed by atoms with Gasteiger partial charge >= 0.3 is 0 Å². The van der Waals surface area contributed by atoms with Crippen LogP contribution >= 0.6 is 0 Å². The first-order valence-electron chi connectivity index (χ1n) is 5.77. The molecule has 0 radical (unpaired) electrons. The van der Waals surface area contributed by atoms with Gasteiger partial charge in [-0.3, -0.25) is 0 Å². The van der Waals surface area contributed by atoms with E-state index in [9.17, 15) is 4.39 Å². The highest BCUT2D eigenvalue weighted by atomic mass is 19.1. The topological polar surface area (TPSA) is 21.3 Å². The van der Waals surface area contributed by atoms with E-state index in [4.69, 9.17) is 4.74 Å². The van der Waals surface area contributed by atoms with Crippen LogP contribution in [-0.4, -0.2) is 12.6 Å². The first-order valence-corrected chi connectivity index (χ1v) is 5.77. The first kappa shape index (κ1) is 11.4. The van der Waals surface area contributed by atoms with Crippen LogP contribution in [0.1, 0.15) is 37.4 Å². The normalized spacial score (nSPS) is 19.4. The minimum atomic E-state index is -0.191. The number of nitrogens with one attached hydrogen (secondary N) is 1. The van der Waals surface area contributed by atoms with E-state index in [2.05, 4.69) is 19.2 Å². The van der Waals surface area contributed by atoms with Gasteiger partial charge in [-0.2, -0.15) is 0 Å². The third-order valence-corrected chi connectivity index (χ3v) is 2.87. The van der Waals surface area contributed by atoms with Gasteiger partial charge in [0, 0.05) is 30.1 Å². The molecule has 0 saturated heterocycles. The van der Waals surface area contributed by atoms with Crippen LogP contribution < -0.4 is 10.1 Å². The quantitative estimate of drug-likeness (QED) is 0.832. The second-order valence-electron chi connectivity index (χ2n) is 4.65. The Kier molecular flexibility index (Phi) is 3.15. The monoisotopic (exact) mass is 223 g/mol. The molecule has 0 fully saturated rings. The predicted molar refractivity (Wildman–Crippen MR) is 62.3 cm³/mol. The van der Waals surface area contributed by atoms with Gasteiger partial charge in [-0.1, -0.05) is 13.8 Å². The lowest BCUT2D eigenvalue weighted by molar-refractivity contribution is 0.246. The second-order valence-corrected chi connectivity index (χ2v) is 4.65. The van der Waals surface area contributed by atoms with Crippen molar-refractivity contribution in [1.29, 1.82) is 0 Å². The zero-order valence-electron chi connectivity index (χ0n) is 10.0. The maximum Gasteiger partial charge on any atom is 0.129 e. The molecule has 1 aliphatic rings. The number of aryl methyl sites for hydroxylation is 1. The molecular formula is C13H18FNO. The number of hydrogen-bond donors (Lipinski definition) is 1. The van der Waals surface area contributed by atoms with Crippen LogP contribution in [0.3, 0.4) is 0 Å². The van der Waals surface area contributed by atoms with Crippen LogP contribution in [0.15, 0.2) is 12.1 Å². The average Bonchev–Trinajstić information content (AvgIpc) is 2.20. The molecule has 1 aliphatic heterocycles. The molecular weight excluding hydrogens is 205 g/mol. The fourth-order valence-electron chi connectivity index (χ4n) is 2.10. The highest BCUT2D eigenvalue weighted by molar-refractivity contribution is 5.41. The van der Waals surface area contributed by atoms with E-state index in [-0.39, 0.29) is 11.9 Å². The molecule has 1 atom stereocenters. The van der Waals surface area contributed by atoms with E-state index in [0.717, 1.165) is 12.0 Å². The summed E-state index contributed by atoms with van der Waals surface area (Å²) in [7, 11) is 0. The maximum atomic E-state index is 13.4. The Bertz CT molecular complexity index is 390. The molecule has 1 heterocycles. The Hall–Kier alpha value is -1.09. The third kappa shape index (κ3) is 2.19. The highest BCUT2D eigenvalue weighted by Gasteiger charge is 2.23. The van der Waals surface area contributed by atoms with Crippen molar-refractivity contribution < 1.29 is 9.13 Å². The number of hydrogen-bond acceptors (Lipinski definition) is 2. The van der Waals surface area contributed by atoms with E-state index in [1.165, 1.54) is 6.07 Å². The zero-order valence-corrected chi connectivity index (χ0v) is 10.0. The van der Waals surface area contributed by atoms with Crippen molar-refractivity contribution in [2.75, 3.05) is 6.61 Å². The number of benzene rings is 1. The Balaban J connectivity index is 2.34. The molecule has 1 N–H and O–H groups in total. The molecule has 16 heavy (non-hydrogen) atoms. The summed E-state index contributed by atoms with van der Waals surface area (Å²) < 4.78 is 18.9. The molecule has 2 nitrogen and oxygen atoms in total. The summed E-state index contributed by atoms with van der Waals surface area (Å²) >= 11 is 0. The molecule has 0 bridgehead atoms. The standard InChI is InChI=1S/C13H18FNO/c1-8(2)15-12-4-5-16-13-7-11(14)9(3)6-10(12)13/h6-8,12,15H,4-5H2,1-3H3. The van der Waals surface area contributed by atoms with Gasteiger partial charge in [0.15, 0.2) is 0 Å². The lowest BCUT2D eigenvalue weighted by Crippen LogP contribution is -2.32. The number of ether oxygens (including phenoxy) is 1. The second kappa shape index (κ2) is 4.42. The largest absolute Gasteiger partial charge is 0.493 e. The molecule has 0 aromatic heterocycles. The van der Waals surface area contributed by atoms with Crippen molar-refractivity contribution in [3.8, 4) is 5.75 Å². The average molecular weight is 223 g/mol. The van der Waals surface area contributed by atoms with Crippen molar-refractivity contribution in [1.82, 2.24) is 5.32 Å². The minimum Gasteiger partial charge on any atom is -0.493 e. The molecule has 3 heteroatoms. The van der Waals surface area contributed by atoms with E-state index >= 15 is 0 Å². The first-order chi connectivity index (χ1) is 7.58. The van der Waals surface area contributed by atoms with E-state index in [1.807, 2.05) is 6.07 Å². The number of fused-ring (bicyclic) bond motifs is 1. The highest BCUT2D eigenvalue weighted by Crippen LogP contribution is 2.34. The van der Waals surface area contributed by atoms with Gasteiger partial charge in [-0.05, 0) is 18.6 Å². The fraction of sp³-hybridized carbons (Fsp3) is 0.538. The van der Waals surface area contributed by atoms with Crippen LogP contribution in [0.25, 0.3) is 0 Å². The molecule has 0 amide bonds. The maximum absolute atomic E-state index is 13.4. The van der Waals surface area contributed by atoms with E-state index in [0.29, 0.717) is 24.0 Å². The van der Waals surface area contributed by atoms with Crippen molar-refractivity contribution in [2.24, 2.45) is 0 Å². The third-order valence-electron chi connectivity index (χ3n) is 2.87. The summed E-state index contributed by atoms with van der Waals surface area (Å²) in [6.45, 7) is 6.67. The Morgan fingerprint density at radius 3 is 2.88 bits per heavy atom. The summed E-state index contributed by atoms with van der Waals surface area (Å²) in [5.41, 5.74) is 1.76. The van der Waals surface area contributed by atoms with Gasteiger partial charge in [0.25, 0.3) is 0 Å². The van der Waals surface area contributed by atoms with Gasteiger partial charge in [0.1, 0.15) is 11.6 Å². The van der Waals surface area contributed by atoms with Gasteiger partial charge in [-0.15, -0.1) is 0 Å². The Labute approximate surface area is 95.8 Å². The lowest BCUT2D eigenvalue weighted by atomic mass is 9.97. The molecule has 0 saturated carbocycles. The van der Waals surface area contributed by atoms with E-state index < -0.39 is 0 Å². The summed E-state index contributed by atoms with van der Waals surface area (Å²) in [5.74, 6) is 0.497. The SMILES string of the molecule is Cc1cc2c(cc1F)OCCC2NC(C)C. The van der Waals surface area contributed by atoms with Gasteiger partial charge < -0.3 is 10.1 Å². The molecule has 1 aromatic rings. The summed E-state index contributed by atoms with van der Waals surface area (Å²) in [6.07, 6.45) is 0.941. The summed E-state index contributed by atoms with van der Waals surface area (Å²) in [5, 5.41) is 3.48. The molecule has 1 aromatic carbocycles. The van der Waals surface area contributed by atoms with Crippen molar-refractivity contribution >= 4 is 0 Å². The number of rotatable bonds is 2. The van der Waals surface area contributed by atoms with Crippen molar-refractivity contribution in [3.63, 3.8) is 0 Å². The molecule has 1 unspecified atom stereocenters. The smallest absolute Gasteiger partial charge is 0.129 e. The predicted octanol–water partition coefficient (Wildman–Crippen LogP) is 2.96. The molecule has 88 valence electrons. The lowest BCUT2D eigenvalue weighted by Gasteiger charge is -2.28. The van der Waals surface area contributed by atoms with Gasteiger partial charge in [-0.25, -0.2) is 4.39 Å². The summed E-state index contributed by atoms with van der Waals surface area (Å²) in [6, 6.07) is 4.09. The summed E-state index contributed by atoms with van der Waals surface area (Å²) in [4.78, 5) is 0. The van der Waals surface area contributed by atoms with Crippen LogP contribution in [0.4, 0.5) is 4.39 Å². The van der Waals surface area contributed by atoms with Crippen LogP contribution in [0.2, 0.25) is 0 Å². The van der Waals surface area contributed by atoms with Crippen LogP contribution in [0.5, 0.6) is 5.75 Å². The van der Waals surface area contributed by atoms with Crippen LogP contribution in [0, 0.1) is 12.7 Å². The van der Waals surface area contributed by atoms with Gasteiger partial charge in [0.2, 0.25) is 0 Å².